The molecule has 0 bridgehead atoms. The molecule has 0 spiro atoms. The van der Waals surface area contributed by atoms with E-state index in [1.807, 2.05) is 12.3 Å². The van der Waals surface area contributed by atoms with Gasteiger partial charge in [0, 0.05) is 24.5 Å². The maximum absolute atomic E-state index is 5.96. The summed E-state index contributed by atoms with van der Waals surface area (Å²) in [6.45, 7) is 0. The summed E-state index contributed by atoms with van der Waals surface area (Å²) in [5.74, 6) is 0.788. The summed E-state index contributed by atoms with van der Waals surface area (Å²) in [6, 6.07) is 10.8. The first-order valence-electron chi connectivity index (χ1n) is 6.60. The number of nitrogens with zero attached hydrogens (tertiary/aromatic N) is 1. The van der Waals surface area contributed by atoms with Crippen LogP contribution in [-0.2, 0) is 6.42 Å². The van der Waals surface area contributed by atoms with Crippen molar-refractivity contribution in [3.63, 3.8) is 0 Å². The summed E-state index contributed by atoms with van der Waals surface area (Å²) in [7, 11) is 0. The molecule has 1 fully saturated rings. The van der Waals surface area contributed by atoms with Gasteiger partial charge in [0.15, 0.2) is 0 Å². The monoisotopic (exact) mass is 238 g/mol. The van der Waals surface area contributed by atoms with Crippen LogP contribution in [0.2, 0.25) is 0 Å². The first-order chi connectivity index (χ1) is 8.83. The zero-order valence-electron chi connectivity index (χ0n) is 10.5. The Morgan fingerprint density at radius 1 is 1.22 bits per heavy atom. The Morgan fingerprint density at radius 3 is 2.83 bits per heavy atom. The van der Waals surface area contributed by atoms with Gasteiger partial charge < -0.3 is 5.73 Å². The van der Waals surface area contributed by atoms with Crippen molar-refractivity contribution >= 4 is 5.69 Å². The van der Waals surface area contributed by atoms with Gasteiger partial charge in [0.2, 0.25) is 0 Å². The minimum atomic E-state index is 0.788. The van der Waals surface area contributed by atoms with Gasteiger partial charge in [-0.2, -0.15) is 0 Å². The van der Waals surface area contributed by atoms with E-state index < -0.39 is 0 Å². The summed E-state index contributed by atoms with van der Waals surface area (Å²) in [5, 5.41) is 0. The number of hydrogen-bond donors (Lipinski definition) is 1. The summed E-state index contributed by atoms with van der Waals surface area (Å²) in [6.07, 6.45) is 8.55. The molecule has 1 aliphatic rings. The fraction of sp³-hybridized carbons (Fsp3) is 0.312. The molecule has 1 aromatic carbocycles. The minimum absolute atomic E-state index is 0.788. The topological polar surface area (TPSA) is 38.9 Å². The van der Waals surface area contributed by atoms with Gasteiger partial charge in [0.25, 0.3) is 0 Å². The molecule has 1 aliphatic carbocycles. The van der Waals surface area contributed by atoms with E-state index in [0.717, 1.165) is 23.6 Å². The van der Waals surface area contributed by atoms with E-state index in [4.69, 9.17) is 5.73 Å². The fourth-order valence-electron chi connectivity index (χ4n) is 2.50. The summed E-state index contributed by atoms with van der Waals surface area (Å²) >= 11 is 0. The normalized spacial score (nSPS) is 15.3. The highest BCUT2D eigenvalue weighted by Gasteiger charge is 2.19. The molecule has 0 saturated heterocycles. The van der Waals surface area contributed by atoms with Gasteiger partial charge in [0.05, 0.1) is 0 Å². The van der Waals surface area contributed by atoms with Crippen molar-refractivity contribution in [2.75, 3.05) is 5.73 Å². The zero-order chi connectivity index (χ0) is 12.4. The van der Waals surface area contributed by atoms with Gasteiger partial charge in [-0.05, 0) is 41.5 Å². The summed E-state index contributed by atoms with van der Waals surface area (Å²) in [5.41, 5.74) is 10.7. The number of rotatable bonds is 3. The molecule has 92 valence electrons. The number of nitrogens with two attached hydrogens (primary N) is 1. The van der Waals surface area contributed by atoms with Crippen LogP contribution in [0.3, 0.4) is 0 Å². The minimum Gasteiger partial charge on any atom is -0.398 e. The van der Waals surface area contributed by atoms with E-state index in [9.17, 15) is 0 Å². The predicted octanol–water partition coefficient (Wildman–Crippen LogP) is 3.52. The van der Waals surface area contributed by atoms with Gasteiger partial charge in [-0.1, -0.05) is 30.7 Å². The van der Waals surface area contributed by atoms with Crippen LogP contribution >= 0.6 is 0 Å². The number of benzene rings is 1. The molecule has 1 aromatic heterocycles. The van der Waals surface area contributed by atoms with Gasteiger partial charge >= 0.3 is 0 Å². The van der Waals surface area contributed by atoms with E-state index in [1.54, 1.807) is 6.20 Å². The fourth-order valence-corrected chi connectivity index (χ4v) is 2.50. The Hall–Kier alpha value is -1.83. The third kappa shape index (κ3) is 2.23. The lowest BCUT2D eigenvalue weighted by molar-refractivity contribution is 0.419. The first kappa shape index (κ1) is 11.3. The van der Waals surface area contributed by atoms with Crippen LogP contribution in [0.4, 0.5) is 5.69 Å². The molecule has 2 aromatic rings. The molecular formula is C16H18N2. The zero-order valence-corrected chi connectivity index (χ0v) is 10.5. The van der Waals surface area contributed by atoms with E-state index in [-0.39, 0.29) is 0 Å². The second-order valence-electron chi connectivity index (χ2n) is 5.12. The second kappa shape index (κ2) is 4.81. The molecule has 0 aliphatic heterocycles. The standard InChI is InChI=1S/C16H18N2/c17-16-7-8-18-11-15(16)10-12-3-1-6-14(9-12)13-4-2-5-13/h1,3,6-9,11,13H,2,4-5,10H2,(H2,17,18). The average Bonchev–Trinajstić information content (AvgIpc) is 2.31. The van der Waals surface area contributed by atoms with E-state index in [1.165, 1.54) is 30.4 Å². The Kier molecular flexibility index (Phi) is 3.01. The summed E-state index contributed by atoms with van der Waals surface area (Å²) < 4.78 is 0. The van der Waals surface area contributed by atoms with Gasteiger partial charge in [-0.3, -0.25) is 4.98 Å². The largest absolute Gasteiger partial charge is 0.398 e. The van der Waals surface area contributed by atoms with Crippen molar-refractivity contribution in [2.45, 2.75) is 31.6 Å². The van der Waals surface area contributed by atoms with Crippen LogP contribution in [0, 0.1) is 0 Å². The highest BCUT2D eigenvalue weighted by molar-refractivity contribution is 5.47. The van der Waals surface area contributed by atoms with E-state index in [2.05, 4.69) is 29.2 Å². The molecule has 1 saturated carbocycles. The van der Waals surface area contributed by atoms with Gasteiger partial charge in [0.1, 0.15) is 0 Å². The van der Waals surface area contributed by atoms with Crippen molar-refractivity contribution in [1.82, 2.24) is 4.98 Å². The highest BCUT2D eigenvalue weighted by Crippen LogP contribution is 2.36. The molecule has 18 heavy (non-hydrogen) atoms. The van der Waals surface area contributed by atoms with Crippen LogP contribution in [-0.4, -0.2) is 4.98 Å². The van der Waals surface area contributed by atoms with Crippen molar-refractivity contribution in [3.05, 3.63) is 59.4 Å². The van der Waals surface area contributed by atoms with E-state index in [0.29, 0.717) is 0 Å². The van der Waals surface area contributed by atoms with Crippen LogP contribution in [0.25, 0.3) is 0 Å². The molecule has 0 amide bonds. The van der Waals surface area contributed by atoms with Crippen LogP contribution in [0.15, 0.2) is 42.7 Å². The van der Waals surface area contributed by atoms with Crippen LogP contribution in [0.1, 0.15) is 41.9 Å². The third-order valence-electron chi connectivity index (χ3n) is 3.86. The highest BCUT2D eigenvalue weighted by atomic mass is 14.7. The molecule has 0 unspecified atom stereocenters. The molecule has 0 radical (unpaired) electrons. The lowest BCUT2D eigenvalue weighted by Gasteiger charge is -2.26. The second-order valence-corrected chi connectivity index (χ2v) is 5.12. The van der Waals surface area contributed by atoms with Crippen molar-refractivity contribution in [1.29, 1.82) is 0 Å². The molecule has 0 atom stereocenters. The lowest BCUT2D eigenvalue weighted by atomic mass is 9.79. The number of pyridine rings is 1. The van der Waals surface area contributed by atoms with Crippen molar-refractivity contribution in [3.8, 4) is 0 Å². The Labute approximate surface area is 108 Å². The van der Waals surface area contributed by atoms with Gasteiger partial charge in [-0.25, -0.2) is 0 Å². The molecule has 2 N–H and O–H groups in total. The molecule has 2 nitrogen and oxygen atoms in total. The number of hydrogen-bond acceptors (Lipinski definition) is 2. The Morgan fingerprint density at radius 2 is 2.11 bits per heavy atom. The maximum atomic E-state index is 5.96. The van der Waals surface area contributed by atoms with Crippen molar-refractivity contribution in [2.24, 2.45) is 0 Å². The quantitative estimate of drug-likeness (QED) is 0.888. The smallest absolute Gasteiger partial charge is 0.0380 e. The third-order valence-corrected chi connectivity index (χ3v) is 3.86. The maximum Gasteiger partial charge on any atom is 0.0380 e. The first-order valence-corrected chi connectivity index (χ1v) is 6.60. The number of anilines is 1. The Balaban J connectivity index is 1.82. The predicted molar refractivity (Wildman–Crippen MR) is 74.5 cm³/mol. The molecule has 3 rings (SSSR count). The Bertz CT molecular complexity index is 544. The average molecular weight is 238 g/mol. The van der Waals surface area contributed by atoms with Crippen LogP contribution in [0.5, 0.6) is 0 Å². The SMILES string of the molecule is Nc1ccncc1Cc1cccc(C2CCC2)c1. The number of nitrogen functional groups attached to an aromatic ring is 1. The lowest BCUT2D eigenvalue weighted by Crippen LogP contribution is -2.09. The van der Waals surface area contributed by atoms with Gasteiger partial charge in [-0.15, -0.1) is 0 Å². The number of aromatic nitrogens is 1. The van der Waals surface area contributed by atoms with E-state index >= 15 is 0 Å². The van der Waals surface area contributed by atoms with Crippen LogP contribution < -0.4 is 5.73 Å². The summed E-state index contributed by atoms with van der Waals surface area (Å²) in [4.78, 5) is 4.15. The molecule has 1 heterocycles. The van der Waals surface area contributed by atoms with Crippen molar-refractivity contribution < 1.29 is 0 Å². The molecular weight excluding hydrogens is 220 g/mol. The molecule has 2 heteroatoms.